The van der Waals surface area contributed by atoms with Crippen LogP contribution in [0.4, 0.5) is 0 Å². The van der Waals surface area contributed by atoms with E-state index in [0.717, 1.165) is 0 Å². The Morgan fingerprint density at radius 2 is 1.82 bits per heavy atom. The van der Waals surface area contributed by atoms with Crippen LogP contribution >= 0.6 is 0 Å². The number of carbonyl (C=O) groups is 1. The minimum atomic E-state index is -0.291. The predicted octanol–water partition coefficient (Wildman–Crippen LogP) is 1.09. The molecule has 0 bridgehead atoms. The molecular formula is C8H8KO2. The Kier molecular flexibility index (Phi) is 6.09. The van der Waals surface area contributed by atoms with Crippen molar-refractivity contribution >= 4 is 57.4 Å². The quantitative estimate of drug-likeness (QED) is 0.472. The van der Waals surface area contributed by atoms with Crippen molar-refractivity contribution in [3.8, 4) is 0 Å². The van der Waals surface area contributed by atoms with Gasteiger partial charge in [-0.2, -0.15) is 0 Å². The van der Waals surface area contributed by atoms with Gasteiger partial charge in [-0.05, 0) is 12.1 Å². The summed E-state index contributed by atoms with van der Waals surface area (Å²) < 4.78 is 4.50. The molecular weight excluding hydrogens is 167 g/mol. The molecule has 53 valence electrons. The van der Waals surface area contributed by atoms with Crippen LogP contribution in [0.1, 0.15) is 10.4 Å². The third-order valence-corrected chi connectivity index (χ3v) is 1.19. The van der Waals surface area contributed by atoms with Crippen LogP contribution in [0.5, 0.6) is 0 Å². The molecule has 1 aromatic rings. The Labute approximate surface area is 108 Å². The van der Waals surface area contributed by atoms with Crippen LogP contribution in [-0.4, -0.2) is 64.5 Å². The number of benzene rings is 1. The molecule has 0 saturated carbocycles. The molecule has 1 radical (unpaired) electrons. The summed E-state index contributed by atoms with van der Waals surface area (Å²) in [6.45, 7) is 0. The SMILES string of the molecule is COC(=O)c1ccccc1.[K]. The molecule has 0 aliphatic carbocycles. The summed E-state index contributed by atoms with van der Waals surface area (Å²) in [6.07, 6.45) is 0. The molecule has 0 N–H and O–H groups in total. The predicted molar refractivity (Wildman–Crippen MR) is 43.5 cm³/mol. The van der Waals surface area contributed by atoms with Gasteiger partial charge in [0.2, 0.25) is 0 Å². The summed E-state index contributed by atoms with van der Waals surface area (Å²) in [7, 11) is 1.37. The minimum Gasteiger partial charge on any atom is -0.465 e. The van der Waals surface area contributed by atoms with Gasteiger partial charge in [0.25, 0.3) is 0 Å². The number of ether oxygens (including phenoxy) is 1. The fourth-order valence-electron chi connectivity index (χ4n) is 0.692. The van der Waals surface area contributed by atoms with Crippen LogP contribution in [0.3, 0.4) is 0 Å². The van der Waals surface area contributed by atoms with Gasteiger partial charge in [0.05, 0.1) is 12.7 Å². The van der Waals surface area contributed by atoms with Gasteiger partial charge in [-0.25, -0.2) is 4.79 Å². The van der Waals surface area contributed by atoms with Crippen molar-refractivity contribution in [3.63, 3.8) is 0 Å². The van der Waals surface area contributed by atoms with E-state index < -0.39 is 0 Å². The monoisotopic (exact) mass is 175 g/mol. The van der Waals surface area contributed by atoms with Crippen LogP contribution in [0.2, 0.25) is 0 Å². The van der Waals surface area contributed by atoms with E-state index in [1.165, 1.54) is 7.11 Å². The average Bonchev–Trinajstić information content (AvgIpc) is 2.05. The molecule has 0 unspecified atom stereocenters. The molecule has 3 heteroatoms. The zero-order valence-electron chi connectivity index (χ0n) is 6.70. The maximum Gasteiger partial charge on any atom is 0.337 e. The summed E-state index contributed by atoms with van der Waals surface area (Å²) >= 11 is 0. The summed E-state index contributed by atoms with van der Waals surface area (Å²) in [4.78, 5) is 10.8. The maximum atomic E-state index is 10.8. The zero-order chi connectivity index (χ0) is 7.40. The second-order valence-corrected chi connectivity index (χ2v) is 1.86. The second kappa shape index (κ2) is 5.91. The standard InChI is InChI=1S/C8H8O2.K/c1-10-8(9)7-5-3-2-4-6-7;/h2-6H,1H3;. The van der Waals surface area contributed by atoms with E-state index in [1.807, 2.05) is 6.07 Å². The van der Waals surface area contributed by atoms with Crippen molar-refractivity contribution in [2.45, 2.75) is 0 Å². The Morgan fingerprint density at radius 1 is 1.27 bits per heavy atom. The van der Waals surface area contributed by atoms with Gasteiger partial charge in [0.15, 0.2) is 0 Å². The topological polar surface area (TPSA) is 26.3 Å². The summed E-state index contributed by atoms with van der Waals surface area (Å²) in [6, 6.07) is 8.88. The summed E-state index contributed by atoms with van der Waals surface area (Å²) in [5, 5.41) is 0. The summed E-state index contributed by atoms with van der Waals surface area (Å²) in [5.74, 6) is -0.291. The van der Waals surface area contributed by atoms with Gasteiger partial charge in [-0.1, -0.05) is 18.2 Å². The largest absolute Gasteiger partial charge is 0.465 e. The van der Waals surface area contributed by atoms with E-state index in [2.05, 4.69) is 4.74 Å². The zero-order valence-corrected chi connectivity index (χ0v) is 9.83. The first-order valence-electron chi connectivity index (χ1n) is 2.98. The number of rotatable bonds is 1. The summed E-state index contributed by atoms with van der Waals surface area (Å²) in [5.41, 5.74) is 0.588. The number of esters is 1. The van der Waals surface area contributed by atoms with Crippen molar-refractivity contribution in [1.82, 2.24) is 0 Å². The fraction of sp³-hybridized carbons (Fsp3) is 0.125. The van der Waals surface area contributed by atoms with Gasteiger partial charge < -0.3 is 4.74 Å². The van der Waals surface area contributed by atoms with Crippen LogP contribution in [0.25, 0.3) is 0 Å². The molecule has 0 heterocycles. The van der Waals surface area contributed by atoms with Crippen molar-refractivity contribution in [1.29, 1.82) is 0 Å². The van der Waals surface area contributed by atoms with Gasteiger partial charge >= 0.3 is 5.97 Å². The van der Waals surface area contributed by atoms with Crippen LogP contribution in [0, 0.1) is 0 Å². The van der Waals surface area contributed by atoms with E-state index in [9.17, 15) is 4.79 Å². The van der Waals surface area contributed by atoms with Crippen LogP contribution in [-0.2, 0) is 4.74 Å². The van der Waals surface area contributed by atoms with E-state index >= 15 is 0 Å². The van der Waals surface area contributed by atoms with Crippen LogP contribution < -0.4 is 0 Å². The van der Waals surface area contributed by atoms with Crippen molar-refractivity contribution < 1.29 is 9.53 Å². The molecule has 1 aromatic carbocycles. The molecule has 0 amide bonds. The molecule has 2 nitrogen and oxygen atoms in total. The van der Waals surface area contributed by atoms with Crippen LogP contribution in [0.15, 0.2) is 30.3 Å². The molecule has 0 aliphatic rings. The molecule has 0 atom stereocenters. The Bertz CT molecular complexity index is 221. The van der Waals surface area contributed by atoms with E-state index in [4.69, 9.17) is 0 Å². The number of methoxy groups -OCH3 is 1. The van der Waals surface area contributed by atoms with Crippen molar-refractivity contribution in [2.75, 3.05) is 7.11 Å². The number of carbonyl (C=O) groups excluding carboxylic acids is 1. The Hall–Kier alpha value is 0.326. The number of hydrogen-bond acceptors (Lipinski definition) is 2. The molecule has 0 aromatic heterocycles. The Balaban J connectivity index is 0.000001000. The van der Waals surface area contributed by atoms with E-state index in [0.29, 0.717) is 5.56 Å². The molecule has 0 fully saturated rings. The molecule has 0 aliphatic heterocycles. The molecule has 0 spiro atoms. The first kappa shape index (κ1) is 11.3. The van der Waals surface area contributed by atoms with E-state index in [1.54, 1.807) is 24.3 Å². The van der Waals surface area contributed by atoms with Gasteiger partial charge in [0, 0.05) is 51.4 Å². The van der Waals surface area contributed by atoms with Crippen molar-refractivity contribution in [3.05, 3.63) is 35.9 Å². The third-order valence-electron chi connectivity index (χ3n) is 1.19. The van der Waals surface area contributed by atoms with Gasteiger partial charge in [-0.15, -0.1) is 0 Å². The second-order valence-electron chi connectivity index (χ2n) is 1.86. The van der Waals surface area contributed by atoms with Crippen molar-refractivity contribution in [2.24, 2.45) is 0 Å². The fourth-order valence-corrected chi connectivity index (χ4v) is 0.692. The number of hydrogen-bond donors (Lipinski definition) is 0. The molecule has 0 saturated heterocycles. The maximum absolute atomic E-state index is 10.8. The van der Waals surface area contributed by atoms with E-state index in [-0.39, 0.29) is 57.4 Å². The first-order chi connectivity index (χ1) is 4.84. The molecule has 1 rings (SSSR count). The van der Waals surface area contributed by atoms with Gasteiger partial charge in [-0.3, -0.25) is 0 Å². The van der Waals surface area contributed by atoms with Gasteiger partial charge in [0.1, 0.15) is 0 Å². The Morgan fingerprint density at radius 3 is 2.27 bits per heavy atom. The smallest absolute Gasteiger partial charge is 0.337 e. The normalized spacial score (nSPS) is 8.09. The molecule has 11 heavy (non-hydrogen) atoms. The minimum absolute atomic E-state index is 0. The third kappa shape index (κ3) is 3.49. The average molecular weight is 175 g/mol. The first-order valence-corrected chi connectivity index (χ1v) is 2.98.